The minimum absolute atomic E-state index is 0.0590. The molecule has 1 saturated heterocycles. The largest absolute Gasteiger partial charge is 0.324 e. The third-order valence-corrected chi connectivity index (χ3v) is 6.59. The molecule has 1 aromatic rings. The maximum atomic E-state index is 12.7. The van der Waals surface area contributed by atoms with Gasteiger partial charge in [0, 0.05) is 30.2 Å². The van der Waals surface area contributed by atoms with Crippen molar-refractivity contribution in [1.29, 1.82) is 0 Å². The summed E-state index contributed by atoms with van der Waals surface area (Å²) in [5, 5.41) is -0.681. The average Bonchev–Trinajstić information content (AvgIpc) is 2.48. The summed E-state index contributed by atoms with van der Waals surface area (Å²) in [5.74, 6) is 1.00. The molecule has 1 heterocycles. The molecule has 0 unspecified atom stereocenters. The Labute approximate surface area is 137 Å². The normalized spacial score (nSPS) is 20.7. The van der Waals surface area contributed by atoms with Gasteiger partial charge >= 0.3 is 0 Å². The van der Waals surface area contributed by atoms with Gasteiger partial charge in [-0.2, -0.15) is 11.8 Å². The van der Waals surface area contributed by atoms with E-state index in [0.717, 1.165) is 11.3 Å². The summed E-state index contributed by atoms with van der Waals surface area (Å²) >= 11 is 1.60. The SMILES string of the molecule is Cc1ccc(C[C@@H](C)C(=O)N2CCSC[C@H]2S(C)(=O)=O)cc1. The number of benzene rings is 1. The molecule has 1 fully saturated rings. The lowest BCUT2D eigenvalue weighted by atomic mass is 9.99. The van der Waals surface area contributed by atoms with E-state index >= 15 is 0 Å². The van der Waals surface area contributed by atoms with Crippen molar-refractivity contribution in [3.05, 3.63) is 35.4 Å². The number of aryl methyl sites for hydroxylation is 1. The first-order chi connectivity index (χ1) is 10.3. The molecule has 0 bridgehead atoms. The molecule has 0 aromatic heterocycles. The van der Waals surface area contributed by atoms with Crippen LogP contribution < -0.4 is 0 Å². The van der Waals surface area contributed by atoms with E-state index in [1.165, 1.54) is 11.8 Å². The fourth-order valence-corrected chi connectivity index (χ4v) is 5.46. The van der Waals surface area contributed by atoms with E-state index in [1.807, 2.05) is 38.1 Å². The molecule has 2 rings (SSSR count). The molecule has 6 heteroatoms. The Morgan fingerprint density at radius 2 is 2.00 bits per heavy atom. The maximum absolute atomic E-state index is 12.7. The number of hydrogen-bond acceptors (Lipinski definition) is 4. The maximum Gasteiger partial charge on any atom is 0.226 e. The van der Waals surface area contributed by atoms with Gasteiger partial charge in [-0.05, 0) is 18.9 Å². The summed E-state index contributed by atoms with van der Waals surface area (Å²) in [6.07, 6.45) is 1.85. The number of sulfone groups is 1. The molecule has 0 radical (unpaired) electrons. The van der Waals surface area contributed by atoms with Crippen LogP contribution in [0.4, 0.5) is 0 Å². The van der Waals surface area contributed by atoms with Gasteiger partial charge in [0.1, 0.15) is 5.37 Å². The second-order valence-corrected chi connectivity index (χ2v) is 9.33. The van der Waals surface area contributed by atoms with Crippen LogP contribution >= 0.6 is 11.8 Å². The number of carbonyl (C=O) groups excluding carboxylic acids is 1. The summed E-state index contributed by atoms with van der Waals surface area (Å²) in [6, 6.07) is 8.12. The van der Waals surface area contributed by atoms with E-state index in [4.69, 9.17) is 0 Å². The molecule has 1 aliphatic rings. The lowest BCUT2D eigenvalue weighted by molar-refractivity contribution is -0.135. The molecular weight excluding hydrogens is 318 g/mol. The van der Waals surface area contributed by atoms with Crippen molar-refractivity contribution < 1.29 is 13.2 Å². The lowest BCUT2D eigenvalue weighted by Crippen LogP contribution is -2.51. The van der Waals surface area contributed by atoms with Crippen LogP contribution in [-0.4, -0.2) is 48.9 Å². The summed E-state index contributed by atoms with van der Waals surface area (Å²) in [4.78, 5) is 14.2. The van der Waals surface area contributed by atoms with Crippen LogP contribution in [0.1, 0.15) is 18.1 Å². The Morgan fingerprint density at radius 1 is 1.36 bits per heavy atom. The van der Waals surface area contributed by atoms with Gasteiger partial charge < -0.3 is 4.90 Å². The third-order valence-electron chi connectivity index (χ3n) is 3.95. The van der Waals surface area contributed by atoms with Crippen molar-refractivity contribution in [1.82, 2.24) is 4.90 Å². The smallest absolute Gasteiger partial charge is 0.226 e. The topological polar surface area (TPSA) is 54.5 Å². The number of nitrogens with zero attached hydrogens (tertiary/aromatic N) is 1. The van der Waals surface area contributed by atoms with E-state index < -0.39 is 15.2 Å². The van der Waals surface area contributed by atoms with Crippen molar-refractivity contribution in [2.45, 2.75) is 25.6 Å². The van der Waals surface area contributed by atoms with E-state index in [2.05, 4.69) is 0 Å². The zero-order chi connectivity index (χ0) is 16.3. The summed E-state index contributed by atoms with van der Waals surface area (Å²) < 4.78 is 23.8. The van der Waals surface area contributed by atoms with Gasteiger partial charge in [-0.25, -0.2) is 8.42 Å². The first-order valence-corrected chi connectivity index (χ1v) is 10.5. The summed E-state index contributed by atoms with van der Waals surface area (Å²) in [7, 11) is -3.25. The second kappa shape index (κ2) is 7.04. The third kappa shape index (κ3) is 4.26. The zero-order valence-electron chi connectivity index (χ0n) is 13.3. The minimum atomic E-state index is -3.25. The fourth-order valence-electron chi connectivity index (χ4n) is 2.64. The molecule has 1 amide bonds. The highest BCUT2D eigenvalue weighted by molar-refractivity contribution is 8.00. The summed E-state index contributed by atoms with van der Waals surface area (Å²) in [5.41, 5.74) is 2.29. The molecule has 1 aromatic carbocycles. The molecule has 0 aliphatic carbocycles. The van der Waals surface area contributed by atoms with Crippen LogP contribution in [0.3, 0.4) is 0 Å². The number of hydrogen-bond donors (Lipinski definition) is 0. The highest BCUT2D eigenvalue weighted by Gasteiger charge is 2.35. The highest BCUT2D eigenvalue weighted by atomic mass is 32.2. The number of rotatable bonds is 4. The van der Waals surface area contributed by atoms with Crippen molar-refractivity contribution in [3.63, 3.8) is 0 Å². The first-order valence-electron chi connectivity index (χ1n) is 7.41. The Balaban J connectivity index is 2.09. The standard InChI is InChI=1S/C16H23NO3S2/c1-12-4-6-14(7-5-12)10-13(2)16(18)17-8-9-21-11-15(17)22(3,19)20/h4-7,13,15H,8-11H2,1-3H3/t13-,15-/m1/s1. The quantitative estimate of drug-likeness (QED) is 0.842. The molecule has 2 atom stereocenters. The molecule has 122 valence electrons. The molecule has 0 saturated carbocycles. The van der Waals surface area contributed by atoms with E-state index in [0.29, 0.717) is 18.7 Å². The summed E-state index contributed by atoms with van der Waals surface area (Å²) in [6.45, 7) is 4.42. The van der Waals surface area contributed by atoms with Crippen molar-refractivity contribution >= 4 is 27.5 Å². The molecular formula is C16H23NO3S2. The van der Waals surface area contributed by atoms with E-state index in [1.54, 1.807) is 16.7 Å². The van der Waals surface area contributed by atoms with Gasteiger partial charge in [0.05, 0.1) is 0 Å². The van der Waals surface area contributed by atoms with E-state index in [9.17, 15) is 13.2 Å². The monoisotopic (exact) mass is 341 g/mol. The molecule has 1 aliphatic heterocycles. The lowest BCUT2D eigenvalue weighted by Gasteiger charge is -2.35. The predicted molar refractivity (Wildman–Crippen MR) is 91.7 cm³/mol. The van der Waals surface area contributed by atoms with Gasteiger partial charge in [-0.15, -0.1) is 0 Å². The molecule has 0 N–H and O–H groups in total. The highest BCUT2D eigenvalue weighted by Crippen LogP contribution is 2.23. The van der Waals surface area contributed by atoms with Crippen LogP contribution in [0, 0.1) is 12.8 Å². The van der Waals surface area contributed by atoms with Gasteiger partial charge in [0.2, 0.25) is 5.91 Å². The molecule has 22 heavy (non-hydrogen) atoms. The predicted octanol–water partition coefficient (Wildman–Crippen LogP) is 2.12. The zero-order valence-corrected chi connectivity index (χ0v) is 14.9. The van der Waals surface area contributed by atoms with Crippen LogP contribution in [0.5, 0.6) is 0 Å². The molecule has 4 nitrogen and oxygen atoms in total. The van der Waals surface area contributed by atoms with Gasteiger partial charge in [0.25, 0.3) is 0 Å². The van der Waals surface area contributed by atoms with Crippen LogP contribution in [-0.2, 0) is 21.1 Å². The molecule has 0 spiro atoms. The van der Waals surface area contributed by atoms with Crippen molar-refractivity contribution in [2.75, 3.05) is 24.3 Å². The minimum Gasteiger partial charge on any atom is -0.324 e. The van der Waals surface area contributed by atoms with Gasteiger partial charge in [-0.3, -0.25) is 4.79 Å². The number of amides is 1. The Bertz CT molecular complexity index is 625. The number of carbonyl (C=O) groups is 1. The van der Waals surface area contributed by atoms with Crippen LogP contribution in [0.2, 0.25) is 0 Å². The van der Waals surface area contributed by atoms with E-state index in [-0.39, 0.29) is 11.8 Å². The number of thioether (sulfide) groups is 1. The van der Waals surface area contributed by atoms with Crippen LogP contribution in [0.15, 0.2) is 24.3 Å². The van der Waals surface area contributed by atoms with Crippen molar-refractivity contribution in [2.24, 2.45) is 5.92 Å². The Kier molecular flexibility index (Phi) is 5.55. The van der Waals surface area contributed by atoms with Gasteiger partial charge in [0.15, 0.2) is 9.84 Å². The Hall–Kier alpha value is -1.01. The van der Waals surface area contributed by atoms with Gasteiger partial charge in [-0.1, -0.05) is 36.8 Å². The van der Waals surface area contributed by atoms with Crippen molar-refractivity contribution in [3.8, 4) is 0 Å². The first kappa shape index (κ1) is 17.3. The second-order valence-electron chi connectivity index (χ2n) is 5.98. The van der Waals surface area contributed by atoms with Crippen LogP contribution in [0.25, 0.3) is 0 Å². The average molecular weight is 341 g/mol. The fraction of sp³-hybridized carbons (Fsp3) is 0.562. The Morgan fingerprint density at radius 3 is 2.59 bits per heavy atom.